The van der Waals surface area contributed by atoms with Crippen molar-refractivity contribution in [2.24, 2.45) is 0 Å². The van der Waals surface area contributed by atoms with Crippen LogP contribution in [0.5, 0.6) is 0 Å². The summed E-state index contributed by atoms with van der Waals surface area (Å²) in [6.07, 6.45) is -2.04. The van der Waals surface area contributed by atoms with Crippen molar-refractivity contribution < 1.29 is 32.3 Å². The maximum atomic E-state index is 13.6. The van der Waals surface area contributed by atoms with Crippen molar-refractivity contribution in [1.82, 2.24) is 20.5 Å². The van der Waals surface area contributed by atoms with Gasteiger partial charge >= 0.3 is 12.3 Å². The fourth-order valence-corrected chi connectivity index (χ4v) is 4.98. The Kier molecular flexibility index (Phi) is 10.0. The van der Waals surface area contributed by atoms with Crippen LogP contribution in [0.3, 0.4) is 0 Å². The lowest BCUT2D eigenvalue weighted by molar-refractivity contribution is -0.137. The van der Waals surface area contributed by atoms with Gasteiger partial charge in [-0.1, -0.05) is 30.3 Å². The Labute approximate surface area is 260 Å². The molecule has 3 aromatic rings. The molecule has 9 nitrogen and oxygen atoms in total. The summed E-state index contributed by atoms with van der Waals surface area (Å²) in [5, 5.41) is 5.56. The molecule has 1 saturated heterocycles. The number of carbonyl (C=O) groups excluding carboxylic acids is 3. The van der Waals surface area contributed by atoms with Crippen LogP contribution in [-0.4, -0.2) is 59.6 Å². The molecule has 0 spiro atoms. The van der Waals surface area contributed by atoms with Crippen LogP contribution in [-0.2, 0) is 22.3 Å². The predicted octanol–water partition coefficient (Wildman–Crippen LogP) is 5.95. The quantitative estimate of drug-likeness (QED) is 0.336. The SMILES string of the molecule is CC(=O)N1CCN(c2cncc(C(=O)N[C@H](C)c3ccc(-c4cc(C(F)(F)F)ccc4CNC(=O)OC(C)(C)C)cc3)c2)CC1. The number of benzene rings is 2. The maximum absolute atomic E-state index is 13.6. The van der Waals surface area contributed by atoms with Gasteiger partial charge in [0.15, 0.2) is 0 Å². The molecule has 2 heterocycles. The monoisotopic (exact) mass is 625 g/mol. The standard InChI is InChI=1S/C33H38F3N5O4/c1-21(39-30(43)26-16-28(20-37-18-26)41-14-12-40(13-15-41)22(2)42)23-6-8-24(9-7-23)29-17-27(33(34,35)36)11-10-25(29)19-38-31(44)45-32(3,4)5/h6-11,16-18,20-21H,12-15,19H2,1-5H3,(H,38,44)(H,39,43)/t21-/m1/s1. The summed E-state index contributed by atoms with van der Waals surface area (Å²) in [7, 11) is 0. The van der Waals surface area contributed by atoms with E-state index in [9.17, 15) is 27.6 Å². The number of rotatable bonds is 7. The minimum absolute atomic E-state index is 0.0316. The number of halogens is 3. The highest BCUT2D eigenvalue weighted by atomic mass is 19.4. The zero-order valence-corrected chi connectivity index (χ0v) is 26.0. The highest BCUT2D eigenvalue weighted by Crippen LogP contribution is 2.34. The normalized spacial score (nSPS) is 14.5. The molecule has 0 saturated carbocycles. The summed E-state index contributed by atoms with van der Waals surface area (Å²) in [6.45, 7) is 11.0. The molecule has 2 N–H and O–H groups in total. The van der Waals surface area contributed by atoms with Crippen molar-refractivity contribution in [3.63, 3.8) is 0 Å². The number of hydrogen-bond acceptors (Lipinski definition) is 6. The average Bonchev–Trinajstić information content (AvgIpc) is 2.98. The highest BCUT2D eigenvalue weighted by Gasteiger charge is 2.31. The van der Waals surface area contributed by atoms with Gasteiger partial charge in [0.2, 0.25) is 5.91 Å². The number of nitrogens with one attached hydrogen (secondary N) is 2. The van der Waals surface area contributed by atoms with Crippen LogP contribution in [0.4, 0.5) is 23.7 Å². The number of hydrogen-bond donors (Lipinski definition) is 2. The first kappa shape index (κ1) is 33.3. The molecule has 1 fully saturated rings. The van der Waals surface area contributed by atoms with Crippen molar-refractivity contribution in [3.8, 4) is 11.1 Å². The van der Waals surface area contributed by atoms with E-state index in [1.165, 1.54) is 12.3 Å². The largest absolute Gasteiger partial charge is 0.444 e. The van der Waals surface area contributed by atoms with Gasteiger partial charge in [-0.25, -0.2) is 4.79 Å². The van der Waals surface area contributed by atoms with E-state index < -0.39 is 29.5 Å². The number of anilines is 1. The van der Waals surface area contributed by atoms with E-state index >= 15 is 0 Å². The first-order valence-electron chi connectivity index (χ1n) is 14.6. The summed E-state index contributed by atoms with van der Waals surface area (Å²) < 4.78 is 46.0. The zero-order valence-electron chi connectivity index (χ0n) is 26.0. The number of piperazine rings is 1. The Morgan fingerprint density at radius 1 is 0.956 bits per heavy atom. The molecule has 12 heteroatoms. The molecule has 0 radical (unpaired) electrons. The lowest BCUT2D eigenvalue weighted by Crippen LogP contribution is -2.48. The Morgan fingerprint density at radius 2 is 1.62 bits per heavy atom. The molecule has 3 amide bonds. The summed E-state index contributed by atoms with van der Waals surface area (Å²) in [5.41, 5.74) is 1.72. The minimum atomic E-state index is -4.54. The van der Waals surface area contributed by atoms with E-state index in [0.717, 1.165) is 23.4 Å². The third kappa shape index (κ3) is 8.96. The van der Waals surface area contributed by atoms with Gasteiger partial charge in [-0.2, -0.15) is 13.2 Å². The summed E-state index contributed by atoms with van der Waals surface area (Å²) >= 11 is 0. The molecule has 0 bridgehead atoms. The number of amides is 3. The van der Waals surface area contributed by atoms with Crippen LogP contribution in [0, 0.1) is 0 Å². The van der Waals surface area contributed by atoms with Crippen LogP contribution >= 0.6 is 0 Å². The molecule has 1 aromatic heterocycles. The first-order chi connectivity index (χ1) is 21.1. The second kappa shape index (κ2) is 13.6. The van der Waals surface area contributed by atoms with Crippen molar-refractivity contribution in [2.45, 2.75) is 59.0 Å². The van der Waals surface area contributed by atoms with Gasteiger partial charge in [0, 0.05) is 45.8 Å². The maximum Gasteiger partial charge on any atom is 0.416 e. The van der Waals surface area contributed by atoms with Crippen molar-refractivity contribution in [3.05, 3.63) is 83.2 Å². The second-order valence-corrected chi connectivity index (χ2v) is 12.0. The van der Waals surface area contributed by atoms with Gasteiger partial charge in [-0.3, -0.25) is 14.6 Å². The topological polar surface area (TPSA) is 104 Å². The third-order valence-electron chi connectivity index (χ3n) is 7.40. The van der Waals surface area contributed by atoms with Crippen LogP contribution in [0.1, 0.15) is 67.7 Å². The van der Waals surface area contributed by atoms with Crippen LogP contribution < -0.4 is 15.5 Å². The number of aromatic nitrogens is 1. The summed E-state index contributed by atoms with van der Waals surface area (Å²) in [4.78, 5) is 45.0. The molecule has 1 atom stereocenters. The van der Waals surface area contributed by atoms with E-state index in [0.29, 0.717) is 48.4 Å². The molecule has 240 valence electrons. The van der Waals surface area contributed by atoms with Gasteiger partial charge in [0.25, 0.3) is 5.91 Å². The third-order valence-corrected chi connectivity index (χ3v) is 7.40. The minimum Gasteiger partial charge on any atom is -0.444 e. The smallest absolute Gasteiger partial charge is 0.416 e. The number of alkyl carbamates (subject to hydrolysis) is 1. The molecule has 45 heavy (non-hydrogen) atoms. The van der Waals surface area contributed by atoms with Gasteiger partial charge in [-0.15, -0.1) is 0 Å². The lowest BCUT2D eigenvalue weighted by atomic mass is 9.95. The Morgan fingerprint density at radius 3 is 2.22 bits per heavy atom. The number of alkyl halides is 3. The van der Waals surface area contributed by atoms with E-state index in [2.05, 4.69) is 20.5 Å². The van der Waals surface area contributed by atoms with Crippen LogP contribution in [0.25, 0.3) is 11.1 Å². The van der Waals surface area contributed by atoms with Gasteiger partial charge in [0.1, 0.15) is 5.60 Å². The Balaban J connectivity index is 1.46. The van der Waals surface area contributed by atoms with E-state index in [1.807, 2.05) is 6.92 Å². The van der Waals surface area contributed by atoms with Crippen molar-refractivity contribution in [2.75, 3.05) is 31.1 Å². The summed E-state index contributed by atoms with van der Waals surface area (Å²) in [5.74, 6) is -0.287. The lowest BCUT2D eigenvalue weighted by Gasteiger charge is -2.35. The van der Waals surface area contributed by atoms with Crippen molar-refractivity contribution in [1.29, 1.82) is 0 Å². The van der Waals surface area contributed by atoms with Crippen LogP contribution in [0.2, 0.25) is 0 Å². The molecular formula is C33H38F3N5O4. The molecule has 0 unspecified atom stereocenters. The Hall–Kier alpha value is -4.61. The number of nitrogens with zero attached hydrogens (tertiary/aromatic N) is 3. The number of pyridine rings is 1. The second-order valence-electron chi connectivity index (χ2n) is 12.0. The highest BCUT2D eigenvalue weighted by molar-refractivity contribution is 5.95. The fraction of sp³-hybridized carbons (Fsp3) is 0.394. The van der Waals surface area contributed by atoms with Crippen LogP contribution in [0.15, 0.2) is 60.9 Å². The predicted molar refractivity (Wildman–Crippen MR) is 165 cm³/mol. The summed E-state index contributed by atoms with van der Waals surface area (Å²) in [6, 6.07) is 11.6. The van der Waals surface area contributed by atoms with E-state index in [1.54, 1.807) is 69.1 Å². The molecule has 2 aromatic carbocycles. The molecule has 1 aliphatic rings. The van der Waals surface area contributed by atoms with Crippen molar-refractivity contribution >= 4 is 23.6 Å². The van der Waals surface area contributed by atoms with Gasteiger partial charge < -0.3 is 25.2 Å². The fourth-order valence-electron chi connectivity index (χ4n) is 4.98. The van der Waals surface area contributed by atoms with E-state index in [4.69, 9.17) is 4.74 Å². The van der Waals surface area contributed by atoms with Gasteiger partial charge in [-0.05, 0) is 68.1 Å². The average molecular weight is 626 g/mol. The van der Waals surface area contributed by atoms with E-state index in [-0.39, 0.29) is 18.4 Å². The first-order valence-corrected chi connectivity index (χ1v) is 14.6. The Bertz CT molecular complexity index is 1530. The molecule has 0 aliphatic carbocycles. The molecular weight excluding hydrogens is 587 g/mol. The zero-order chi connectivity index (χ0) is 32.9. The number of carbonyl (C=O) groups is 3. The van der Waals surface area contributed by atoms with Gasteiger partial charge in [0.05, 0.1) is 29.1 Å². The number of ether oxygens (including phenoxy) is 1. The molecule has 4 rings (SSSR count). The molecule has 1 aliphatic heterocycles.